The summed E-state index contributed by atoms with van der Waals surface area (Å²) in [6.45, 7) is 1.85. The SMILES string of the molecule is CC[C@H](Oc1ccc(F)cc1)C(=O)Nc1ccc2nsnc2c1. The van der Waals surface area contributed by atoms with E-state index in [9.17, 15) is 9.18 Å². The van der Waals surface area contributed by atoms with Gasteiger partial charge in [-0.25, -0.2) is 4.39 Å². The van der Waals surface area contributed by atoms with Gasteiger partial charge < -0.3 is 10.1 Å². The number of halogens is 1. The van der Waals surface area contributed by atoms with Crippen molar-refractivity contribution in [2.75, 3.05) is 5.32 Å². The molecule has 7 heteroatoms. The van der Waals surface area contributed by atoms with Crippen LogP contribution in [0, 0.1) is 5.82 Å². The second kappa shape index (κ2) is 6.70. The van der Waals surface area contributed by atoms with E-state index < -0.39 is 6.10 Å². The molecule has 0 aliphatic rings. The summed E-state index contributed by atoms with van der Waals surface area (Å²) in [4.78, 5) is 12.3. The highest BCUT2D eigenvalue weighted by Crippen LogP contribution is 2.19. The molecule has 1 aromatic heterocycles. The van der Waals surface area contributed by atoms with Crippen LogP contribution in [0.1, 0.15) is 13.3 Å². The number of benzene rings is 2. The van der Waals surface area contributed by atoms with Gasteiger partial charge in [0, 0.05) is 5.69 Å². The Bertz CT molecular complexity index is 820. The van der Waals surface area contributed by atoms with E-state index in [1.165, 1.54) is 24.3 Å². The van der Waals surface area contributed by atoms with Crippen molar-refractivity contribution in [3.05, 3.63) is 48.3 Å². The van der Waals surface area contributed by atoms with E-state index in [1.54, 1.807) is 18.2 Å². The fraction of sp³-hybridized carbons (Fsp3) is 0.188. The summed E-state index contributed by atoms with van der Waals surface area (Å²) in [5, 5.41) is 2.81. The maximum absolute atomic E-state index is 12.9. The van der Waals surface area contributed by atoms with Crippen molar-refractivity contribution in [3.63, 3.8) is 0 Å². The third-order valence-electron chi connectivity index (χ3n) is 3.28. The number of fused-ring (bicyclic) bond motifs is 1. The second-order valence-electron chi connectivity index (χ2n) is 4.93. The first kappa shape index (κ1) is 15.4. The lowest BCUT2D eigenvalue weighted by atomic mass is 10.2. The van der Waals surface area contributed by atoms with Crippen LogP contribution in [0.2, 0.25) is 0 Å². The van der Waals surface area contributed by atoms with Gasteiger partial charge in [-0.3, -0.25) is 4.79 Å². The Morgan fingerprint density at radius 3 is 2.70 bits per heavy atom. The first-order valence-corrected chi connectivity index (χ1v) is 7.84. The molecule has 3 aromatic rings. The molecule has 0 fully saturated rings. The molecule has 0 aliphatic carbocycles. The molecule has 0 bridgehead atoms. The van der Waals surface area contributed by atoms with Crippen molar-refractivity contribution in [2.24, 2.45) is 0 Å². The van der Waals surface area contributed by atoms with Gasteiger partial charge in [-0.1, -0.05) is 6.92 Å². The van der Waals surface area contributed by atoms with Crippen molar-refractivity contribution in [1.29, 1.82) is 0 Å². The standard InChI is InChI=1S/C16H14FN3O2S/c1-2-15(22-12-6-3-10(17)4-7-12)16(21)18-11-5-8-13-14(9-11)20-23-19-13/h3-9,15H,2H2,1H3,(H,18,21)/t15-/m0/s1. The number of nitrogens with zero attached hydrogens (tertiary/aromatic N) is 2. The number of carbonyl (C=O) groups is 1. The Labute approximate surface area is 136 Å². The van der Waals surface area contributed by atoms with E-state index in [-0.39, 0.29) is 11.7 Å². The maximum Gasteiger partial charge on any atom is 0.265 e. The molecule has 23 heavy (non-hydrogen) atoms. The first-order chi connectivity index (χ1) is 11.2. The van der Waals surface area contributed by atoms with Gasteiger partial charge in [0.25, 0.3) is 5.91 Å². The molecule has 118 valence electrons. The van der Waals surface area contributed by atoms with Crippen LogP contribution in [0.25, 0.3) is 11.0 Å². The number of anilines is 1. The summed E-state index contributed by atoms with van der Waals surface area (Å²) in [6.07, 6.45) is -0.173. The Kier molecular flexibility index (Phi) is 4.47. The summed E-state index contributed by atoms with van der Waals surface area (Å²) in [6, 6.07) is 10.9. The Morgan fingerprint density at radius 1 is 1.22 bits per heavy atom. The lowest BCUT2D eigenvalue weighted by Gasteiger charge is -2.17. The summed E-state index contributed by atoms with van der Waals surface area (Å²) in [5.74, 6) is -0.160. The molecule has 1 N–H and O–H groups in total. The van der Waals surface area contributed by atoms with E-state index in [4.69, 9.17) is 4.74 Å². The van der Waals surface area contributed by atoms with Gasteiger partial charge in [0.2, 0.25) is 0 Å². The zero-order valence-corrected chi connectivity index (χ0v) is 13.1. The monoisotopic (exact) mass is 331 g/mol. The zero-order valence-electron chi connectivity index (χ0n) is 12.3. The maximum atomic E-state index is 12.9. The van der Waals surface area contributed by atoms with Crippen molar-refractivity contribution in [2.45, 2.75) is 19.4 Å². The lowest BCUT2D eigenvalue weighted by Crippen LogP contribution is -2.32. The summed E-state index contributed by atoms with van der Waals surface area (Å²) in [5.41, 5.74) is 2.17. The number of amides is 1. The predicted molar refractivity (Wildman–Crippen MR) is 87.2 cm³/mol. The highest BCUT2D eigenvalue weighted by molar-refractivity contribution is 7.00. The van der Waals surface area contributed by atoms with Crippen LogP contribution in [-0.4, -0.2) is 20.8 Å². The van der Waals surface area contributed by atoms with E-state index >= 15 is 0 Å². The molecule has 0 unspecified atom stereocenters. The van der Waals surface area contributed by atoms with Crippen LogP contribution >= 0.6 is 11.7 Å². The minimum atomic E-state index is -0.662. The van der Waals surface area contributed by atoms with Crippen LogP contribution < -0.4 is 10.1 Å². The number of aromatic nitrogens is 2. The number of rotatable bonds is 5. The fourth-order valence-corrected chi connectivity index (χ4v) is 2.60. The van der Waals surface area contributed by atoms with Gasteiger partial charge in [0.05, 0.1) is 11.7 Å². The molecule has 0 spiro atoms. The van der Waals surface area contributed by atoms with Gasteiger partial charge in [-0.05, 0) is 48.9 Å². The van der Waals surface area contributed by atoms with E-state index in [0.29, 0.717) is 17.9 Å². The molecular weight excluding hydrogens is 317 g/mol. The van der Waals surface area contributed by atoms with Crippen molar-refractivity contribution in [1.82, 2.24) is 8.75 Å². The van der Waals surface area contributed by atoms with Crippen molar-refractivity contribution in [3.8, 4) is 5.75 Å². The number of carbonyl (C=O) groups excluding carboxylic acids is 1. The minimum Gasteiger partial charge on any atom is -0.481 e. The molecular formula is C16H14FN3O2S. The topological polar surface area (TPSA) is 64.1 Å². The van der Waals surface area contributed by atoms with Gasteiger partial charge >= 0.3 is 0 Å². The average Bonchev–Trinajstić information content (AvgIpc) is 3.02. The molecule has 0 radical (unpaired) electrons. The number of hydrogen-bond acceptors (Lipinski definition) is 5. The van der Waals surface area contributed by atoms with Gasteiger partial charge in [0.15, 0.2) is 6.10 Å². The predicted octanol–water partition coefficient (Wildman–Crippen LogP) is 3.63. The van der Waals surface area contributed by atoms with E-state index in [2.05, 4.69) is 14.1 Å². The van der Waals surface area contributed by atoms with Crippen molar-refractivity contribution < 1.29 is 13.9 Å². The smallest absolute Gasteiger partial charge is 0.265 e. The van der Waals surface area contributed by atoms with Gasteiger partial charge in [-0.15, -0.1) is 0 Å². The molecule has 0 saturated carbocycles. The quantitative estimate of drug-likeness (QED) is 0.775. The third-order valence-corrected chi connectivity index (χ3v) is 3.83. The van der Waals surface area contributed by atoms with Crippen LogP contribution in [0.15, 0.2) is 42.5 Å². The van der Waals surface area contributed by atoms with E-state index in [0.717, 1.165) is 22.8 Å². The molecule has 0 aliphatic heterocycles. The van der Waals surface area contributed by atoms with Crippen molar-refractivity contribution >= 4 is 34.4 Å². The summed E-state index contributed by atoms with van der Waals surface area (Å²) >= 11 is 1.13. The molecule has 0 saturated heterocycles. The highest BCUT2D eigenvalue weighted by Gasteiger charge is 2.19. The summed E-state index contributed by atoms with van der Waals surface area (Å²) in [7, 11) is 0. The Hall–Kier alpha value is -2.54. The largest absolute Gasteiger partial charge is 0.481 e. The number of hydrogen-bond donors (Lipinski definition) is 1. The molecule has 1 atom stereocenters. The number of ether oxygens (including phenoxy) is 1. The molecule has 5 nitrogen and oxygen atoms in total. The Morgan fingerprint density at radius 2 is 1.96 bits per heavy atom. The highest BCUT2D eigenvalue weighted by atomic mass is 32.1. The zero-order chi connectivity index (χ0) is 16.2. The first-order valence-electron chi connectivity index (χ1n) is 7.11. The molecule has 3 rings (SSSR count). The van der Waals surface area contributed by atoms with Crippen LogP contribution in [0.3, 0.4) is 0 Å². The van der Waals surface area contributed by atoms with Crippen LogP contribution in [0.5, 0.6) is 5.75 Å². The van der Waals surface area contributed by atoms with Crippen LogP contribution in [0.4, 0.5) is 10.1 Å². The molecule has 2 aromatic carbocycles. The molecule has 1 heterocycles. The van der Waals surface area contributed by atoms with Gasteiger partial charge in [0.1, 0.15) is 22.6 Å². The summed E-state index contributed by atoms with van der Waals surface area (Å²) < 4.78 is 26.8. The van der Waals surface area contributed by atoms with E-state index in [1.807, 2.05) is 6.92 Å². The van der Waals surface area contributed by atoms with Crippen LogP contribution in [-0.2, 0) is 4.79 Å². The second-order valence-corrected chi connectivity index (χ2v) is 5.45. The lowest BCUT2D eigenvalue weighted by molar-refractivity contribution is -0.122. The Balaban J connectivity index is 1.70. The van der Waals surface area contributed by atoms with Gasteiger partial charge in [-0.2, -0.15) is 8.75 Å². The average molecular weight is 331 g/mol. The third kappa shape index (κ3) is 3.62. The minimum absolute atomic E-state index is 0.264. The normalized spacial score (nSPS) is 12.1. The fourth-order valence-electron chi connectivity index (χ4n) is 2.08. The molecule has 1 amide bonds. The number of nitrogens with one attached hydrogen (secondary N) is 1.